The Bertz CT molecular complexity index is 1310. The fraction of sp³-hybridized carbons (Fsp3) is 0.588. The van der Waals surface area contributed by atoms with E-state index in [-0.39, 0.29) is 12.0 Å². The number of piperidine rings is 1. The van der Waals surface area contributed by atoms with E-state index in [1.165, 1.54) is 47.8 Å². The summed E-state index contributed by atoms with van der Waals surface area (Å²) in [6, 6.07) is 9.88. The number of thioether (sulfide) groups is 1. The van der Waals surface area contributed by atoms with E-state index in [1.807, 2.05) is 0 Å². The van der Waals surface area contributed by atoms with Crippen LogP contribution in [0.1, 0.15) is 78.1 Å². The van der Waals surface area contributed by atoms with Crippen LogP contribution in [0.4, 0.5) is 0 Å². The minimum absolute atomic E-state index is 0.153. The molecule has 1 saturated heterocycles. The molecule has 0 spiro atoms. The number of hydrogen-bond acceptors (Lipinski definition) is 7. The number of fused-ring (bicyclic) bond motifs is 4. The molecule has 1 fully saturated rings. The number of methoxy groups -OCH3 is 3. The second kappa shape index (κ2) is 13.6. The Kier molecular flexibility index (Phi) is 10.1. The minimum Gasteiger partial charge on any atom is -0.493 e. The van der Waals surface area contributed by atoms with Crippen molar-refractivity contribution in [2.24, 2.45) is 11.8 Å². The number of carbonyl (C=O) groups excluding carboxylic acids is 1. The predicted molar refractivity (Wildman–Crippen MR) is 175 cm³/mol. The van der Waals surface area contributed by atoms with Crippen molar-refractivity contribution >= 4 is 34.3 Å². The minimum atomic E-state index is -0.196. The first-order valence-corrected chi connectivity index (χ1v) is 16.8. The lowest BCUT2D eigenvalue weighted by molar-refractivity contribution is -0.140. The molecule has 4 unspecified atom stereocenters. The number of rotatable bonds is 8. The van der Waals surface area contributed by atoms with Crippen LogP contribution in [-0.4, -0.2) is 66.8 Å². The molecule has 0 N–H and O–H groups in total. The van der Waals surface area contributed by atoms with Crippen LogP contribution in [0.15, 0.2) is 24.3 Å². The highest BCUT2D eigenvalue weighted by atomic mass is 32.2. The maximum atomic E-state index is 11.8. The molecule has 2 aromatic carbocycles. The second-order valence-corrected chi connectivity index (χ2v) is 13.8. The molecule has 2 aromatic rings. The summed E-state index contributed by atoms with van der Waals surface area (Å²) in [5, 5.41) is 0. The highest BCUT2D eigenvalue weighted by Gasteiger charge is 2.41. The number of hydrogen-bond donors (Lipinski definition) is 0. The van der Waals surface area contributed by atoms with Crippen LogP contribution in [0, 0.1) is 25.7 Å². The Morgan fingerprint density at radius 3 is 2.36 bits per heavy atom. The van der Waals surface area contributed by atoms with Crippen LogP contribution in [0.2, 0.25) is 0 Å². The molecule has 0 bridgehead atoms. The molecule has 0 radical (unpaired) electrons. The molecule has 0 amide bonds. The van der Waals surface area contributed by atoms with Crippen LogP contribution in [0.3, 0.4) is 0 Å². The Labute approximate surface area is 261 Å². The van der Waals surface area contributed by atoms with Gasteiger partial charge in [-0.25, -0.2) is 0 Å². The third-order valence-corrected chi connectivity index (χ3v) is 11.4. The number of ether oxygens (including phenoxy) is 3. The number of carbonyl (C=O) groups is 1. The Hall–Kier alpha value is -2.29. The van der Waals surface area contributed by atoms with Gasteiger partial charge in [0.25, 0.3) is 0 Å². The molecule has 0 aliphatic carbocycles. The number of benzene rings is 2. The zero-order valence-corrected chi connectivity index (χ0v) is 27.7. The van der Waals surface area contributed by atoms with Crippen molar-refractivity contribution in [3.05, 3.63) is 57.6 Å². The Morgan fingerprint density at radius 2 is 1.64 bits per heavy atom. The summed E-state index contributed by atoms with van der Waals surface area (Å²) in [6.45, 7) is 10.0. The molecule has 3 heterocycles. The molecular formula is C34H46N2O4S2. The van der Waals surface area contributed by atoms with Crippen LogP contribution in [0.5, 0.6) is 11.5 Å². The van der Waals surface area contributed by atoms with Gasteiger partial charge in [-0.1, -0.05) is 49.5 Å². The second-order valence-electron chi connectivity index (χ2n) is 12.1. The zero-order chi connectivity index (χ0) is 30.0. The van der Waals surface area contributed by atoms with Crippen LogP contribution in [0.25, 0.3) is 0 Å². The van der Waals surface area contributed by atoms with Crippen molar-refractivity contribution in [1.82, 2.24) is 9.80 Å². The van der Waals surface area contributed by atoms with Gasteiger partial charge in [0.05, 0.1) is 33.8 Å². The van der Waals surface area contributed by atoms with Crippen LogP contribution < -0.4 is 9.47 Å². The van der Waals surface area contributed by atoms with E-state index in [9.17, 15) is 4.79 Å². The van der Waals surface area contributed by atoms with Gasteiger partial charge in [0.1, 0.15) is 4.32 Å². The van der Waals surface area contributed by atoms with Crippen molar-refractivity contribution < 1.29 is 19.0 Å². The van der Waals surface area contributed by atoms with E-state index in [2.05, 4.69) is 54.8 Å². The van der Waals surface area contributed by atoms with E-state index in [0.29, 0.717) is 30.1 Å². The van der Waals surface area contributed by atoms with Crippen molar-refractivity contribution in [1.29, 1.82) is 0 Å². The first-order valence-electron chi connectivity index (χ1n) is 15.4. The van der Waals surface area contributed by atoms with Gasteiger partial charge in [0.2, 0.25) is 0 Å². The smallest absolute Gasteiger partial charge is 0.306 e. The summed E-state index contributed by atoms with van der Waals surface area (Å²) >= 11 is 7.64. The van der Waals surface area contributed by atoms with Gasteiger partial charge in [0.15, 0.2) is 11.5 Å². The normalized spacial score (nSPS) is 23.4. The van der Waals surface area contributed by atoms with Crippen molar-refractivity contribution in [3.63, 3.8) is 0 Å². The van der Waals surface area contributed by atoms with Crippen molar-refractivity contribution in [2.75, 3.05) is 46.7 Å². The highest BCUT2D eigenvalue weighted by Crippen LogP contribution is 2.48. The summed E-state index contributed by atoms with van der Waals surface area (Å²) in [4.78, 5) is 17.0. The number of aryl methyl sites for hydroxylation is 2. The largest absolute Gasteiger partial charge is 0.493 e. The van der Waals surface area contributed by atoms with E-state index >= 15 is 0 Å². The SMILES string of the molecule is CCC1CN2CCc3cc(C)c(C)cc3C2CC1CC1c2cc(OC)c(OC)cc2CCN1C(=S)SCCC(=O)OC. The molecule has 6 nitrogen and oxygen atoms in total. The first kappa shape index (κ1) is 31.1. The van der Waals surface area contributed by atoms with Gasteiger partial charge in [-0.15, -0.1) is 0 Å². The topological polar surface area (TPSA) is 51.2 Å². The summed E-state index contributed by atoms with van der Waals surface area (Å²) in [5.41, 5.74) is 8.49. The highest BCUT2D eigenvalue weighted by molar-refractivity contribution is 8.22. The molecule has 42 heavy (non-hydrogen) atoms. The van der Waals surface area contributed by atoms with E-state index in [4.69, 9.17) is 26.4 Å². The quantitative estimate of drug-likeness (QED) is 0.238. The monoisotopic (exact) mass is 610 g/mol. The lowest BCUT2D eigenvalue weighted by Crippen LogP contribution is -2.47. The number of thiocarbonyl (C=S) groups is 1. The number of nitrogens with zero attached hydrogens (tertiary/aromatic N) is 2. The predicted octanol–water partition coefficient (Wildman–Crippen LogP) is 6.84. The molecular weight excluding hydrogens is 565 g/mol. The fourth-order valence-corrected chi connectivity index (χ4v) is 8.71. The molecule has 5 rings (SSSR count). The molecule has 8 heteroatoms. The number of esters is 1. The zero-order valence-electron chi connectivity index (χ0n) is 26.0. The van der Waals surface area contributed by atoms with Gasteiger partial charge in [-0.05, 0) is 96.9 Å². The third-order valence-electron chi connectivity index (χ3n) is 9.93. The molecule has 0 saturated carbocycles. The molecule has 228 valence electrons. The van der Waals surface area contributed by atoms with Crippen molar-refractivity contribution in [2.45, 2.75) is 71.4 Å². The maximum Gasteiger partial charge on any atom is 0.306 e. The van der Waals surface area contributed by atoms with Gasteiger partial charge in [-0.2, -0.15) is 0 Å². The summed E-state index contributed by atoms with van der Waals surface area (Å²) < 4.78 is 17.2. The van der Waals surface area contributed by atoms with Gasteiger partial charge in [-0.3, -0.25) is 9.69 Å². The fourth-order valence-electron chi connectivity index (χ4n) is 7.41. The van der Waals surface area contributed by atoms with Gasteiger partial charge < -0.3 is 19.1 Å². The van der Waals surface area contributed by atoms with Crippen LogP contribution >= 0.6 is 24.0 Å². The summed E-state index contributed by atoms with van der Waals surface area (Å²) in [6.07, 6.45) is 5.80. The molecule has 0 aromatic heterocycles. The summed E-state index contributed by atoms with van der Waals surface area (Å²) in [7, 11) is 4.85. The molecule has 3 aliphatic rings. The molecule has 4 atom stereocenters. The maximum absolute atomic E-state index is 11.8. The van der Waals surface area contributed by atoms with Gasteiger partial charge in [0, 0.05) is 31.4 Å². The first-order chi connectivity index (χ1) is 20.3. The Morgan fingerprint density at radius 1 is 0.952 bits per heavy atom. The van der Waals surface area contributed by atoms with E-state index in [0.717, 1.165) is 54.7 Å². The Balaban J connectivity index is 1.46. The van der Waals surface area contributed by atoms with E-state index in [1.54, 1.807) is 31.5 Å². The lowest BCUT2D eigenvalue weighted by Gasteiger charge is -2.49. The lowest BCUT2D eigenvalue weighted by atomic mass is 9.72. The average molecular weight is 611 g/mol. The van der Waals surface area contributed by atoms with Crippen molar-refractivity contribution in [3.8, 4) is 11.5 Å². The standard InChI is InChI=1S/C34H46N2O4S2/c1-7-23-20-35-11-8-24-14-21(2)22(3)15-27(24)29(35)16-26(23)17-30-28-19-32(39-5)31(38-4)18-25(28)9-12-36(30)34(41)42-13-10-33(37)40-6/h14-15,18-19,23,26,29-30H,7-13,16-17,20H2,1-6H3. The average Bonchev–Trinajstić information content (AvgIpc) is 3.00. The third kappa shape index (κ3) is 6.31. The summed E-state index contributed by atoms with van der Waals surface area (Å²) in [5.74, 6) is 3.18. The van der Waals surface area contributed by atoms with Gasteiger partial charge >= 0.3 is 5.97 Å². The van der Waals surface area contributed by atoms with E-state index < -0.39 is 0 Å². The molecule has 3 aliphatic heterocycles. The van der Waals surface area contributed by atoms with Crippen LogP contribution in [-0.2, 0) is 22.4 Å².